The van der Waals surface area contributed by atoms with Gasteiger partial charge in [-0.1, -0.05) is 74.5 Å². The first-order valence-corrected chi connectivity index (χ1v) is 12.2. The minimum absolute atomic E-state index is 0.192. The summed E-state index contributed by atoms with van der Waals surface area (Å²) in [5, 5.41) is 3.57. The van der Waals surface area contributed by atoms with Crippen LogP contribution in [0.2, 0.25) is 0 Å². The molecule has 1 atom stereocenters. The number of benzene rings is 2. The smallest absolute Gasteiger partial charge is 0.109 e. The molecule has 1 saturated carbocycles. The molecule has 4 nitrogen and oxygen atoms in total. The van der Waals surface area contributed by atoms with Crippen LogP contribution in [0.4, 0.5) is 0 Å². The van der Waals surface area contributed by atoms with Gasteiger partial charge in [0.25, 0.3) is 0 Å². The summed E-state index contributed by atoms with van der Waals surface area (Å²) in [6.07, 6.45) is 2.52. The Morgan fingerprint density at radius 3 is 1.97 bits per heavy atom. The fourth-order valence-electron chi connectivity index (χ4n) is 5.89. The Hall–Kier alpha value is -2.43. The van der Waals surface area contributed by atoms with Crippen LogP contribution in [0.1, 0.15) is 66.9 Å². The van der Waals surface area contributed by atoms with Gasteiger partial charge in [0.15, 0.2) is 0 Å². The third-order valence-electron chi connectivity index (χ3n) is 7.47. The van der Waals surface area contributed by atoms with Crippen LogP contribution < -0.4 is 5.32 Å². The largest absolute Gasteiger partial charge is 0.346 e. The molecule has 0 radical (unpaired) electrons. The number of hydrogen-bond acceptors (Lipinski definition) is 3. The Labute approximate surface area is 192 Å². The summed E-state index contributed by atoms with van der Waals surface area (Å²) in [6, 6.07) is 22.2. The number of aryl methyl sites for hydroxylation is 1. The molecule has 0 spiro atoms. The van der Waals surface area contributed by atoms with E-state index in [1.807, 2.05) is 0 Å². The van der Waals surface area contributed by atoms with E-state index in [1.54, 1.807) is 0 Å². The molecule has 1 aliphatic carbocycles. The minimum Gasteiger partial charge on any atom is -0.346 e. The van der Waals surface area contributed by atoms with E-state index in [4.69, 9.17) is 4.98 Å². The third-order valence-corrected chi connectivity index (χ3v) is 7.47. The molecule has 2 fully saturated rings. The van der Waals surface area contributed by atoms with Crippen molar-refractivity contribution >= 4 is 0 Å². The van der Waals surface area contributed by atoms with Crippen molar-refractivity contribution in [2.75, 3.05) is 26.2 Å². The van der Waals surface area contributed by atoms with Gasteiger partial charge < -0.3 is 10.3 Å². The van der Waals surface area contributed by atoms with Gasteiger partial charge in [0.2, 0.25) is 0 Å². The fourth-order valence-corrected chi connectivity index (χ4v) is 5.89. The van der Waals surface area contributed by atoms with E-state index in [0.717, 1.165) is 26.2 Å². The number of aromatic nitrogens is 2. The average Bonchev–Trinajstić information content (AvgIpc) is 3.61. The Morgan fingerprint density at radius 1 is 0.906 bits per heavy atom. The third kappa shape index (κ3) is 3.70. The Morgan fingerprint density at radius 2 is 1.47 bits per heavy atom. The lowest BCUT2D eigenvalue weighted by Crippen LogP contribution is -2.60. The predicted octanol–water partition coefficient (Wildman–Crippen LogP) is 5.18. The number of piperazine rings is 1. The molecule has 2 heterocycles. The number of aromatic amines is 1. The summed E-state index contributed by atoms with van der Waals surface area (Å²) < 4.78 is 0. The summed E-state index contributed by atoms with van der Waals surface area (Å²) >= 11 is 0. The molecule has 3 aromatic rings. The topological polar surface area (TPSA) is 44.0 Å². The van der Waals surface area contributed by atoms with Gasteiger partial charge in [-0.25, -0.2) is 4.98 Å². The molecule has 168 valence electrons. The zero-order chi connectivity index (χ0) is 22.1. The molecule has 2 aromatic carbocycles. The Bertz CT molecular complexity index is 977. The molecule has 0 bridgehead atoms. The van der Waals surface area contributed by atoms with Gasteiger partial charge in [0.1, 0.15) is 5.82 Å². The summed E-state index contributed by atoms with van der Waals surface area (Å²) in [4.78, 5) is 11.8. The van der Waals surface area contributed by atoms with Crippen molar-refractivity contribution in [1.29, 1.82) is 0 Å². The second-order valence-corrected chi connectivity index (χ2v) is 9.84. The zero-order valence-electron chi connectivity index (χ0n) is 19.6. The van der Waals surface area contributed by atoms with Crippen molar-refractivity contribution in [1.82, 2.24) is 20.2 Å². The van der Waals surface area contributed by atoms with E-state index < -0.39 is 0 Å². The summed E-state index contributed by atoms with van der Waals surface area (Å²) in [7, 11) is 0. The second-order valence-electron chi connectivity index (χ2n) is 9.84. The van der Waals surface area contributed by atoms with Gasteiger partial charge in [-0.15, -0.1) is 0 Å². The lowest BCUT2D eigenvalue weighted by atomic mass is 9.65. The Kier molecular flexibility index (Phi) is 5.92. The molecule has 32 heavy (non-hydrogen) atoms. The van der Waals surface area contributed by atoms with Crippen molar-refractivity contribution in [2.24, 2.45) is 5.92 Å². The van der Waals surface area contributed by atoms with Crippen LogP contribution in [-0.2, 0) is 5.54 Å². The van der Waals surface area contributed by atoms with E-state index in [0.29, 0.717) is 11.8 Å². The van der Waals surface area contributed by atoms with E-state index in [9.17, 15) is 0 Å². The number of nitrogens with one attached hydrogen (secondary N) is 2. The van der Waals surface area contributed by atoms with E-state index >= 15 is 0 Å². The molecule has 1 unspecified atom stereocenters. The molecular formula is C28H36N4. The van der Waals surface area contributed by atoms with E-state index in [2.05, 4.69) is 96.6 Å². The fraction of sp³-hybridized carbons (Fsp3) is 0.464. The van der Waals surface area contributed by atoms with Crippen LogP contribution in [0.15, 0.2) is 60.7 Å². The van der Waals surface area contributed by atoms with Crippen LogP contribution in [0.25, 0.3) is 0 Å². The first-order chi connectivity index (χ1) is 15.6. The van der Waals surface area contributed by atoms with Gasteiger partial charge >= 0.3 is 0 Å². The number of nitrogens with zero attached hydrogens (tertiary/aromatic N) is 2. The van der Waals surface area contributed by atoms with Crippen LogP contribution >= 0.6 is 0 Å². The quantitative estimate of drug-likeness (QED) is 0.545. The maximum Gasteiger partial charge on any atom is 0.109 e. The van der Waals surface area contributed by atoms with Crippen LogP contribution in [0, 0.1) is 12.8 Å². The summed E-state index contributed by atoms with van der Waals surface area (Å²) in [5.74, 6) is 2.37. The standard InChI is InChI=1S/C28H36N4/c1-20(2)28(32-18-16-29-17-19-32,26-21(3)30-27(31-26)24-14-15-24)25(22-10-6-4-7-11-22)23-12-8-5-9-13-23/h4-13,20,24-25,29H,14-19H2,1-3H3,(H,30,31). The summed E-state index contributed by atoms with van der Waals surface area (Å²) in [6.45, 7) is 11.1. The molecule has 2 aliphatic rings. The van der Waals surface area contributed by atoms with Crippen molar-refractivity contribution < 1.29 is 0 Å². The zero-order valence-corrected chi connectivity index (χ0v) is 19.6. The highest BCUT2D eigenvalue weighted by Gasteiger charge is 2.52. The van der Waals surface area contributed by atoms with Gasteiger partial charge in [-0.3, -0.25) is 4.90 Å². The molecule has 1 saturated heterocycles. The normalized spacial score (nSPS) is 19.4. The molecular weight excluding hydrogens is 392 g/mol. The lowest BCUT2D eigenvalue weighted by molar-refractivity contribution is 0.0107. The van der Waals surface area contributed by atoms with Crippen molar-refractivity contribution in [3.63, 3.8) is 0 Å². The maximum atomic E-state index is 5.40. The van der Waals surface area contributed by atoms with E-state index in [-0.39, 0.29) is 11.5 Å². The highest BCUT2D eigenvalue weighted by Crippen LogP contribution is 2.52. The molecule has 0 amide bonds. The van der Waals surface area contributed by atoms with Crippen LogP contribution in [0.3, 0.4) is 0 Å². The first kappa shape index (κ1) is 21.4. The number of rotatable bonds is 7. The Balaban J connectivity index is 1.78. The van der Waals surface area contributed by atoms with Gasteiger partial charge in [0.05, 0.1) is 11.2 Å². The average molecular weight is 429 g/mol. The van der Waals surface area contributed by atoms with Crippen LogP contribution in [-0.4, -0.2) is 41.0 Å². The predicted molar refractivity (Wildman–Crippen MR) is 131 cm³/mol. The highest BCUT2D eigenvalue weighted by atomic mass is 15.3. The molecule has 2 N–H and O–H groups in total. The summed E-state index contributed by atoms with van der Waals surface area (Å²) in [5.41, 5.74) is 4.96. The van der Waals surface area contributed by atoms with E-state index in [1.165, 1.54) is 41.2 Å². The van der Waals surface area contributed by atoms with Crippen molar-refractivity contribution in [2.45, 2.75) is 51.0 Å². The maximum absolute atomic E-state index is 5.40. The van der Waals surface area contributed by atoms with Gasteiger partial charge in [-0.2, -0.15) is 0 Å². The molecule has 5 rings (SSSR count). The van der Waals surface area contributed by atoms with Gasteiger partial charge in [0, 0.05) is 43.7 Å². The van der Waals surface area contributed by atoms with Crippen LogP contribution in [0.5, 0.6) is 0 Å². The first-order valence-electron chi connectivity index (χ1n) is 12.2. The second kappa shape index (κ2) is 8.84. The lowest BCUT2D eigenvalue weighted by Gasteiger charge is -2.53. The highest BCUT2D eigenvalue weighted by molar-refractivity contribution is 5.42. The number of hydrogen-bond donors (Lipinski definition) is 2. The van der Waals surface area contributed by atoms with Crippen molar-refractivity contribution in [3.05, 3.63) is 89.0 Å². The minimum atomic E-state index is -0.238. The monoisotopic (exact) mass is 428 g/mol. The SMILES string of the molecule is Cc1[nH]c(C2CC2)nc1C(C(C)C)(C(c1ccccc1)c1ccccc1)N1CCNCC1. The number of H-pyrrole nitrogens is 1. The molecule has 1 aromatic heterocycles. The van der Waals surface area contributed by atoms with Gasteiger partial charge in [-0.05, 0) is 36.8 Å². The molecule has 1 aliphatic heterocycles. The molecule has 4 heteroatoms. The van der Waals surface area contributed by atoms with Crippen molar-refractivity contribution in [3.8, 4) is 0 Å². The number of imidazole rings is 1.